The van der Waals surface area contributed by atoms with Crippen molar-refractivity contribution in [1.82, 2.24) is 4.98 Å². The van der Waals surface area contributed by atoms with E-state index in [1.807, 2.05) is 37.3 Å². The zero-order chi connectivity index (χ0) is 13.6. The Morgan fingerprint density at radius 2 is 2.05 bits per heavy atom. The van der Waals surface area contributed by atoms with Crippen molar-refractivity contribution in [3.63, 3.8) is 0 Å². The standard InChI is InChI=1S/C14H8BrClINO/c1-7-4-10(15)13-12(5-7)18-14(19-13)9-6-8(17)2-3-11(9)16/h2-6H,1H3. The minimum Gasteiger partial charge on any atom is -0.435 e. The number of hydrogen-bond acceptors (Lipinski definition) is 2. The van der Waals surface area contributed by atoms with Crippen LogP contribution in [0.5, 0.6) is 0 Å². The summed E-state index contributed by atoms with van der Waals surface area (Å²) in [4.78, 5) is 4.52. The number of aromatic nitrogens is 1. The number of oxazole rings is 1. The molecule has 0 aliphatic rings. The fourth-order valence-electron chi connectivity index (χ4n) is 1.90. The summed E-state index contributed by atoms with van der Waals surface area (Å²) in [5.74, 6) is 0.546. The van der Waals surface area contributed by atoms with E-state index >= 15 is 0 Å². The van der Waals surface area contributed by atoms with Gasteiger partial charge in [0.05, 0.1) is 15.1 Å². The van der Waals surface area contributed by atoms with Crippen molar-refractivity contribution in [2.45, 2.75) is 6.92 Å². The summed E-state index contributed by atoms with van der Waals surface area (Å²) in [6, 6.07) is 9.78. The average Bonchev–Trinajstić information content (AvgIpc) is 2.76. The van der Waals surface area contributed by atoms with E-state index in [-0.39, 0.29) is 0 Å². The SMILES string of the molecule is Cc1cc(Br)c2oc(-c3cc(I)ccc3Cl)nc2c1. The van der Waals surface area contributed by atoms with Crippen LogP contribution in [0.1, 0.15) is 5.56 Å². The van der Waals surface area contributed by atoms with Gasteiger partial charge in [-0.2, -0.15) is 0 Å². The van der Waals surface area contributed by atoms with Gasteiger partial charge in [-0.25, -0.2) is 4.98 Å². The van der Waals surface area contributed by atoms with Gasteiger partial charge < -0.3 is 4.42 Å². The molecule has 0 spiro atoms. The van der Waals surface area contributed by atoms with Crippen LogP contribution in [0.15, 0.2) is 39.2 Å². The molecule has 1 heterocycles. The van der Waals surface area contributed by atoms with Gasteiger partial charge in [-0.15, -0.1) is 0 Å². The second-order valence-corrected chi connectivity index (χ2v) is 6.75. The van der Waals surface area contributed by atoms with Crippen molar-refractivity contribution < 1.29 is 4.42 Å². The second kappa shape index (κ2) is 5.07. The van der Waals surface area contributed by atoms with Crippen LogP contribution in [0, 0.1) is 10.5 Å². The molecule has 0 saturated heterocycles. The molecule has 0 fully saturated rings. The zero-order valence-electron chi connectivity index (χ0n) is 9.88. The Kier molecular flexibility index (Phi) is 3.57. The normalized spacial score (nSPS) is 11.2. The predicted octanol–water partition coefficient (Wildman–Crippen LogP) is 5.82. The van der Waals surface area contributed by atoms with Crippen molar-refractivity contribution >= 4 is 61.2 Å². The summed E-state index contributed by atoms with van der Waals surface area (Å²) >= 11 is 12.0. The van der Waals surface area contributed by atoms with Crippen LogP contribution in [0.25, 0.3) is 22.6 Å². The van der Waals surface area contributed by atoms with Crippen molar-refractivity contribution in [2.75, 3.05) is 0 Å². The Hall–Kier alpha value is -0.590. The van der Waals surface area contributed by atoms with Crippen LogP contribution in [0.3, 0.4) is 0 Å². The molecule has 0 amide bonds. The minimum absolute atomic E-state index is 0.546. The minimum atomic E-state index is 0.546. The summed E-state index contributed by atoms with van der Waals surface area (Å²) in [6.45, 7) is 2.02. The third kappa shape index (κ3) is 2.53. The van der Waals surface area contributed by atoms with Crippen LogP contribution in [0.2, 0.25) is 5.02 Å². The highest BCUT2D eigenvalue weighted by atomic mass is 127. The van der Waals surface area contributed by atoms with Crippen LogP contribution in [0.4, 0.5) is 0 Å². The van der Waals surface area contributed by atoms with Gasteiger partial charge in [-0.3, -0.25) is 0 Å². The first-order valence-corrected chi connectivity index (χ1v) is 7.81. The molecule has 2 nitrogen and oxygen atoms in total. The van der Waals surface area contributed by atoms with Crippen LogP contribution >= 0.6 is 50.1 Å². The fourth-order valence-corrected chi connectivity index (χ4v) is 3.23. The summed E-state index contributed by atoms with van der Waals surface area (Å²) < 4.78 is 7.83. The Morgan fingerprint density at radius 3 is 2.84 bits per heavy atom. The third-order valence-corrected chi connectivity index (χ3v) is 4.34. The van der Waals surface area contributed by atoms with E-state index in [1.54, 1.807) is 0 Å². The lowest BCUT2D eigenvalue weighted by atomic mass is 10.2. The van der Waals surface area contributed by atoms with Crippen molar-refractivity contribution in [3.8, 4) is 11.5 Å². The van der Waals surface area contributed by atoms with E-state index < -0.39 is 0 Å². The lowest BCUT2D eigenvalue weighted by Gasteiger charge is -1.99. The lowest BCUT2D eigenvalue weighted by molar-refractivity contribution is 0.618. The summed E-state index contributed by atoms with van der Waals surface area (Å²) in [6.07, 6.45) is 0. The van der Waals surface area contributed by atoms with Gasteiger partial charge in [0.25, 0.3) is 0 Å². The monoisotopic (exact) mass is 447 g/mol. The Morgan fingerprint density at radius 1 is 1.26 bits per heavy atom. The number of fused-ring (bicyclic) bond motifs is 1. The van der Waals surface area contributed by atoms with Crippen LogP contribution in [-0.2, 0) is 0 Å². The second-order valence-electron chi connectivity index (χ2n) is 4.24. The molecule has 3 aromatic rings. The van der Waals surface area contributed by atoms with Gasteiger partial charge in [0, 0.05) is 3.57 Å². The fraction of sp³-hybridized carbons (Fsp3) is 0.0714. The number of halogens is 3. The van der Waals surface area contributed by atoms with Gasteiger partial charge in [0.2, 0.25) is 5.89 Å². The molecule has 0 bridgehead atoms. The van der Waals surface area contributed by atoms with E-state index in [9.17, 15) is 0 Å². The third-order valence-electron chi connectivity index (χ3n) is 2.75. The number of rotatable bonds is 1. The molecule has 0 aliphatic heterocycles. The molecule has 0 saturated carbocycles. The maximum atomic E-state index is 6.21. The van der Waals surface area contributed by atoms with E-state index in [0.717, 1.165) is 30.3 Å². The molecule has 5 heteroatoms. The number of aryl methyl sites for hydroxylation is 1. The molecular formula is C14H8BrClINO. The quantitative estimate of drug-likeness (QED) is 0.438. The molecule has 0 aliphatic carbocycles. The van der Waals surface area contributed by atoms with Crippen LogP contribution < -0.4 is 0 Å². The molecule has 0 radical (unpaired) electrons. The van der Waals surface area contributed by atoms with Gasteiger partial charge in [0.15, 0.2) is 5.58 Å². The molecule has 2 aromatic carbocycles. The van der Waals surface area contributed by atoms with Crippen molar-refractivity contribution in [3.05, 3.63) is 49.0 Å². The van der Waals surface area contributed by atoms with E-state index in [0.29, 0.717) is 10.9 Å². The summed E-state index contributed by atoms with van der Waals surface area (Å²) in [5, 5.41) is 0.639. The molecule has 0 atom stereocenters. The molecule has 96 valence electrons. The maximum absolute atomic E-state index is 6.21. The molecule has 19 heavy (non-hydrogen) atoms. The Bertz CT molecular complexity index is 784. The van der Waals surface area contributed by atoms with Crippen molar-refractivity contribution in [2.24, 2.45) is 0 Å². The topological polar surface area (TPSA) is 26.0 Å². The Balaban J connectivity index is 2.26. The maximum Gasteiger partial charge on any atom is 0.228 e. The average molecular weight is 448 g/mol. The highest BCUT2D eigenvalue weighted by Gasteiger charge is 2.14. The smallest absolute Gasteiger partial charge is 0.228 e. The highest BCUT2D eigenvalue weighted by Crippen LogP contribution is 2.34. The van der Waals surface area contributed by atoms with E-state index in [1.165, 1.54) is 0 Å². The number of nitrogens with zero attached hydrogens (tertiary/aromatic N) is 1. The highest BCUT2D eigenvalue weighted by molar-refractivity contribution is 14.1. The van der Waals surface area contributed by atoms with Crippen molar-refractivity contribution in [1.29, 1.82) is 0 Å². The largest absolute Gasteiger partial charge is 0.435 e. The van der Waals surface area contributed by atoms with Gasteiger partial charge in [-0.05, 0) is 81.3 Å². The van der Waals surface area contributed by atoms with Gasteiger partial charge >= 0.3 is 0 Å². The first kappa shape index (κ1) is 13.4. The summed E-state index contributed by atoms with van der Waals surface area (Å²) in [5.41, 5.74) is 3.52. The molecule has 0 unspecified atom stereocenters. The zero-order valence-corrected chi connectivity index (χ0v) is 14.4. The van der Waals surface area contributed by atoms with E-state index in [2.05, 4.69) is 43.5 Å². The van der Waals surface area contributed by atoms with Crippen LogP contribution in [-0.4, -0.2) is 4.98 Å². The van der Waals surface area contributed by atoms with Gasteiger partial charge in [0.1, 0.15) is 5.52 Å². The summed E-state index contributed by atoms with van der Waals surface area (Å²) in [7, 11) is 0. The number of hydrogen-bond donors (Lipinski definition) is 0. The number of benzene rings is 2. The predicted molar refractivity (Wildman–Crippen MR) is 89.6 cm³/mol. The first-order valence-electron chi connectivity index (χ1n) is 5.57. The Labute approximate surface area is 137 Å². The lowest BCUT2D eigenvalue weighted by Crippen LogP contribution is -1.81. The van der Waals surface area contributed by atoms with E-state index in [4.69, 9.17) is 16.0 Å². The molecular weight excluding hydrogens is 440 g/mol. The molecule has 3 rings (SSSR count). The van der Waals surface area contributed by atoms with Gasteiger partial charge in [-0.1, -0.05) is 11.6 Å². The molecule has 1 aromatic heterocycles. The molecule has 0 N–H and O–H groups in total. The first-order chi connectivity index (χ1) is 9.04.